The molecule has 1 aliphatic carbocycles. The van der Waals surface area contributed by atoms with E-state index < -0.39 is 10.0 Å². The summed E-state index contributed by atoms with van der Waals surface area (Å²) < 4.78 is 27.5. The number of carbonyl (C=O) groups is 1. The molecule has 6 nitrogen and oxygen atoms in total. The molecule has 148 valence electrons. The Morgan fingerprint density at radius 1 is 1.15 bits per heavy atom. The van der Waals surface area contributed by atoms with E-state index in [1.807, 2.05) is 0 Å². The molecule has 0 radical (unpaired) electrons. The van der Waals surface area contributed by atoms with Crippen LogP contribution in [0.4, 0.5) is 5.69 Å². The minimum atomic E-state index is -3.67. The number of amidine groups is 1. The van der Waals surface area contributed by atoms with E-state index in [1.54, 1.807) is 12.1 Å². The Kier molecular flexibility index (Phi) is 6.88. The number of hydrogen-bond donors (Lipinski definition) is 2. The maximum Gasteiger partial charge on any atom is 0.262 e. The largest absolute Gasteiger partial charge is 0.326 e. The van der Waals surface area contributed by atoms with Gasteiger partial charge in [-0.3, -0.25) is 14.5 Å². The fraction of sp³-hybridized carbons (Fsp3) is 0.600. The number of carbonyl (C=O) groups excluding carboxylic acids is 1. The van der Waals surface area contributed by atoms with Crippen molar-refractivity contribution in [1.29, 1.82) is 0 Å². The molecule has 1 amide bonds. The van der Waals surface area contributed by atoms with E-state index in [9.17, 15) is 13.2 Å². The third kappa shape index (κ3) is 6.06. The standard InChI is InChI=1S/C20H29N3O3S/c24-20(13-4-9-16-7-2-1-3-8-16)22-17-10-5-11-18(15-17)27(25,26)23-19-12-6-14-21-19/h5,10-11,15-16H,1-4,6-9,12-14H2,(H,21,23)(H,22,24). The van der Waals surface area contributed by atoms with Gasteiger partial charge in [0.15, 0.2) is 0 Å². The number of rotatable bonds is 7. The molecule has 2 N–H and O–H groups in total. The molecule has 7 heteroatoms. The van der Waals surface area contributed by atoms with E-state index >= 15 is 0 Å². The fourth-order valence-corrected chi connectivity index (χ4v) is 4.96. The summed E-state index contributed by atoms with van der Waals surface area (Å²) in [5, 5.41) is 2.82. The molecule has 0 spiro atoms. The molecular weight excluding hydrogens is 362 g/mol. The highest BCUT2D eigenvalue weighted by atomic mass is 32.2. The first kappa shape index (κ1) is 19.9. The van der Waals surface area contributed by atoms with Gasteiger partial charge >= 0.3 is 0 Å². The quantitative estimate of drug-likeness (QED) is 0.740. The molecule has 1 aromatic carbocycles. The van der Waals surface area contributed by atoms with Crippen LogP contribution < -0.4 is 10.0 Å². The van der Waals surface area contributed by atoms with Crippen LogP contribution >= 0.6 is 0 Å². The molecule has 0 unspecified atom stereocenters. The van der Waals surface area contributed by atoms with Gasteiger partial charge in [-0.25, -0.2) is 8.42 Å². The Morgan fingerprint density at radius 2 is 1.96 bits per heavy atom. The Balaban J connectivity index is 1.51. The summed E-state index contributed by atoms with van der Waals surface area (Å²) in [6.45, 7) is 0.662. The topological polar surface area (TPSA) is 87.6 Å². The molecule has 1 fully saturated rings. The Morgan fingerprint density at radius 3 is 2.70 bits per heavy atom. The lowest BCUT2D eigenvalue weighted by Crippen LogP contribution is -2.29. The van der Waals surface area contributed by atoms with Gasteiger partial charge in [0.05, 0.1) is 4.90 Å². The van der Waals surface area contributed by atoms with Gasteiger partial charge in [0.2, 0.25) is 5.91 Å². The first-order valence-corrected chi connectivity index (χ1v) is 11.5. The van der Waals surface area contributed by atoms with E-state index in [4.69, 9.17) is 0 Å². The maximum absolute atomic E-state index is 12.5. The molecular formula is C20H29N3O3S. The summed E-state index contributed by atoms with van der Waals surface area (Å²) in [7, 11) is -3.67. The zero-order chi connectivity index (χ0) is 19.1. The number of aliphatic imine (C=N–C) groups is 1. The van der Waals surface area contributed by atoms with E-state index in [2.05, 4.69) is 15.0 Å². The van der Waals surface area contributed by atoms with Crippen molar-refractivity contribution < 1.29 is 13.2 Å². The van der Waals surface area contributed by atoms with Gasteiger partial charge in [0.25, 0.3) is 10.0 Å². The molecule has 1 aromatic rings. The summed E-state index contributed by atoms with van der Waals surface area (Å²) >= 11 is 0. The minimum Gasteiger partial charge on any atom is -0.326 e. The van der Waals surface area contributed by atoms with Gasteiger partial charge in [-0.05, 0) is 43.4 Å². The highest BCUT2D eigenvalue weighted by Crippen LogP contribution is 2.27. The lowest BCUT2D eigenvalue weighted by atomic mass is 9.86. The molecule has 2 aliphatic rings. The van der Waals surface area contributed by atoms with E-state index in [1.165, 1.54) is 44.2 Å². The van der Waals surface area contributed by atoms with Gasteiger partial charge in [-0.1, -0.05) is 38.2 Å². The second-order valence-corrected chi connectivity index (χ2v) is 9.19. The molecule has 3 rings (SSSR count). The van der Waals surface area contributed by atoms with Gasteiger partial charge in [-0.15, -0.1) is 0 Å². The number of sulfonamides is 1. The van der Waals surface area contributed by atoms with Crippen molar-refractivity contribution in [1.82, 2.24) is 4.72 Å². The number of benzene rings is 1. The first-order valence-electron chi connectivity index (χ1n) is 9.99. The van der Waals surface area contributed by atoms with Crippen LogP contribution in [0.25, 0.3) is 0 Å². The fourth-order valence-electron chi connectivity index (χ4n) is 3.83. The lowest BCUT2D eigenvalue weighted by molar-refractivity contribution is -0.116. The van der Waals surface area contributed by atoms with E-state index in [0.717, 1.165) is 25.2 Å². The summed E-state index contributed by atoms with van der Waals surface area (Å²) in [6, 6.07) is 6.38. The second kappa shape index (κ2) is 9.35. The Bertz CT molecular complexity index is 783. The third-order valence-electron chi connectivity index (χ3n) is 5.30. The number of anilines is 1. The molecule has 0 aromatic heterocycles. The smallest absolute Gasteiger partial charge is 0.262 e. The van der Waals surface area contributed by atoms with Crippen molar-refractivity contribution in [2.45, 2.75) is 69.1 Å². The molecule has 0 bridgehead atoms. The molecule has 0 saturated heterocycles. The number of nitrogens with zero attached hydrogens (tertiary/aromatic N) is 1. The molecule has 1 heterocycles. The zero-order valence-corrected chi connectivity index (χ0v) is 16.6. The van der Waals surface area contributed by atoms with E-state index in [0.29, 0.717) is 30.9 Å². The average molecular weight is 392 g/mol. The first-order chi connectivity index (χ1) is 13.0. The van der Waals surface area contributed by atoms with E-state index in [-0.39, 0.29) is 10.8 Å². The van der Waals surface area contributed by atoms with Crippen molar-refractivity contribution in [3.05, 3.63) is 24.3 Å². The summed E-state index contributed by atoms with van der Waals surface area (Å²) in [5.41, 5.74) is 0.508. The van der Waals surface area contributed by atoms with Crippen LogP contribution in [0.1, 0.15) is 64.2 Å². The predicted molar refractivity (Wildman–Crippen MR) is 107 cm³/mol. The summed E-state index contributed by atoms with van der Waals surface area (Å²) in [4.78, 5) is 16.5. The van der Waals surface area contributed by atoms with Crippen LogP contribution in [-0.2, 0) is 14.8 Å². The monoisotopic (exact) mass is 391 g/mol. The van der Waals surface area contributed by atoms with Crippen molar-refractivity contribution in [2.75, 3.05) is 11.9 Å². The Labute approximate surface area is 161 Å². The zero-order valence-electron chi connectivity index (χ0n) is 15.7. The van der Waals surface area contributed by atoms with Crippen molar-refractivity contribution in [2.24, 2.45) is 10.9 Å². The molecule has 0 atom stereocenters. The second-order valence-electron chi connectivity index (χ2n) is 7.51. The van der Waals surface area contributed by atoms with Crippen LogP contribution in [0.5, 0.6) is 0 Å². The number of hydrogen-bond acceptors (Lipinski definition) is 4. The maximum atomic E-state index is 12.5. The number of nitrogens with one attached hydrogen (secondary N) is 2. The summed E-state index contributed by atoms with van der Waals surface area (Å²) in [6.07, 6.45) is 10.5. The highest BCUT2D eigenvalue weighted by molar-refractivity contribution is 7.90. The van der Waals surface area contributed by atoms with Crippen LogP contribution in [0.15, 0.2) is 34.2 Å². The van der Waals surface area contributed by atoms with Crippen LogP contribution in [0.2, 0.25) is 0 Å². The molecule has 1 aliphatic heterocycles. The van der Waals surface area contributed by atoms with Crippen LogP contribution in [-0.4, -0.2) is 26.7 Å². The van der Waals surface area contributed by atoms with Gasteiger partial charge in [0.1, 0.15) is 5.84 Å². The van der Waals surface area contributed by atoms with Gasteiger partial charge < -0.3 is 5.32 Å². The van der Waals surface area contributed by atoms with Crippen molar-refractivity contribution in [3.63, 3.8) is 0 Å². The van der Waals surface area contributed by atoms with Crippen molar-refractivity contribution in [3.8, 4) is 0 Å². The highest BCUT2D eigenvalue weighted by Gasteiger charge is 2.19. The number of amides is 1. The third-order valence-corrected chi connectivity index (χ3v) is 6.67. The average Bonchev–Trinajstić information content (AvgIpc) is 3.15. The molecule has 27 heavy (non-hydrogen) atoms. The van der Waals surface area contributed by atoms with Crippen LogP contribution in [0, 0.1) is 5.92 Å². The van der Waals surface area contributed by atoms with Gasteiger partial charge in [-0.2, -0.15) is 0 Å². The lowest BCUT2D eigenvalue weighted by Gasteiger charge is -2.21. The van der Waals surface area contributed by atoms with Crippen molar-refractivity contribution >= 4 is 27.5 Å². The summed E-state index contributed by atoms with van der Waals surface area (Å²) in [5.74, 6) is 1.21. The van der Waals surface area contributed by atoms with Gasteiger partial charge in [0, 0.05) is 25.1 Å². The van der Waals surface area contributed by atoms with Crippen LogP contribution in [0.3, 0.4) is 0 Å². The Hall–Kier alpha value is -1.89. The minimum absolute atomic E-state index is 0.0616. The predicted octanol–water partition coefficient (Wildman–Crippen LogP) is 3.85. The molecule has 1 saturated carbocycles. The normalized spacial score (nSPS) is 18.1. The SMILES string of the molecule is O=C(CCCC1CCCCC1)Nc1cccc(S(=O)(=O)NC2=NCCC2)c1.